The van der Waals surface area contributed by atoms with Gasteiger partial charge in [-0.3, -0.25) is 14.4 Å². The van der Waals surface area contributed by atoms with Crippen molar-refractivity contribution in [3.8, 4) is 0 Å². The lowest BCUT2D eigenvalue weighted by molar-refractivity contribution is -0.147. The molecule has 0 saturated heterocycles. The average Bonchev–Trinajstić information content (AvgIpc) is 3.01. The zero-order chi connectivity index (χ0) is 25.3. The molecule has 0 heterocycles. The summed E-state index contributed by atoms with van der Waals surface area (Å²) in [6.07, 6.45) is 9.02. The van der Waals surface area contributed by atoms with Gasteiger partial charge in [-0.2, -0.15) is 0 Å². The molecule has 0 aromatic carbocycles. The van der Waals surface area contributed by atoms with Crippen LogP contribution in [-0.2, 0) is 14.4 Å². The monoisotopic (exact) mass is 468 g/mol. The minimum Gasteiger partial charge on any atom is -0.481 e. The topological polar surface area (TPSA) is 71.4 Å². The minimum absolute atomic E-state index is 0.0634. The van der Waals surface area contributed by atoms with Crippen molar-refractivity contribution in [1.82, 2.24) is 0 Å². The Labute approximate surface area is 205 Å². The molecular weight excluding hydrogens is 424 g/mol. The quantitative estimate of drug-likeness (QED) is 0.444. The number of Topliss-reactive ketones (excluding diaryl/α,β-unsaturated/α-hetero) is 2. The van der Waals surface area contributed by atoms with Crippen LogP contribution >= 0.6 is 0 Å². The molecule has 34 heavy (non-hydrogen) atoms. The largest absolute Gasteiger partial charge is 0.481 e. The van der Waals surface area contributed by atoms with Gasteiger partial charge in [0.15, 0.2) is 5.78 Å². The number of allylic oxidation sites excluding steroid dienone is 4. The molecule has 4 rings (SSSR count). The van der Waals surface area contributed by atoms with E-state index in [0.29, 0.717) is 25.0 Å². The normalized spacial score (nSPS) is 39.7. The molecule has 0 radical (unpaired) electrons. The Kier molecular flexibility index (Phi) is 6.10. The van der Waals surface area contributed by atoms with Gasteiger partial charge in [-0.15, -0.1) is 0 Å². The Balaban J connectivity index is 1.75. The molecule has 2 saturated carbocycles. The molecule has 0 bridgehead atoms. The first-order valence-electron chi connectivity index (χ1n) is 13.4. The van der Waals surface area contributed by atoms with Crippen LogP contribution in [0.1, 0.15) is 106 Å². The standard InChI is InChI=1S/C30H44O4/c1-18(2)9-8-10-19(26(33)34)20-11-16-30(7)25-21(12-15-29(20,30)6)28(5)14-13-24(32)27(3,4)23(28)17-22(25)31/h9,19-20,23H,8,10-17H2,1-7H3,(H,33,34)/t19-,20-,23+,28+,29+,30+/m0/s1. The summed E-state index contributed by atoms with van der Waals surface area (Å²) < 4.78 is 0. The highest BCUT2D eigenvalue weighted by atomic mass is 16.4. The van der Waals surface area contributed by atoms with Crippen LogP contribution in [0.2, 0.25) is 0 Å². The van der Waals surface area contributed by atoms with Gasteiger partial charge >= 0.3 is 5.97 Å². The average molecular weight is 469 g/mol. The van der Waals surface area contributed by atoms with Crippen molar-refractivity contribution in [1.29, 1.82) is 0 Å². The molecule has 6 atom stereocenters. The van der Waals surface area contributed by atoms with E-state index in [9.17, 15) is 19.5 Å². The van der Waals surface area contributed by atoms with Crippen LogP contribution in [0.5, 0.6) is 0 Å². The lowest BCUT2D eigenvalue weighted by Crippen LogP contribution is -2.56. The van der Waals surface area contributed by atoms with Gasteiger partial charge in [0.1, 0.15) is 5.78 Å². The molecule has 188 valence electrons. The van der Waals surface area contributed by atoms with Crippen LogP contribution in [0.3, 0.4) is 0 Å². The third-order valence-corrected chi connectivity index (χ3v) is 11.2. The highest BCUT2D eigenvalue weighted by Gasteiger charge is 2.66. The zero-order valence-corrected chi connectivity index (χ0v) is 22.3. The van der Waals surface area contributed by atoms with Crippen molar-refractivity contribution in [2.45, 2.75) is 106 Å². The Hall–Kier alpha value is -1.71. The van der Waals surface area contributed by atoms with Gasteiger partial charge in [0, 0.05) is 29.2 Å². The second-order valence-corrected chi connectivity index (χ2v) is 13.3. The second kappa shape index (κ2) is 8.17. The number of carbonyl (C=O) groups excluding carboxylic acids is 2. The number of rotatable bonds is 5. The van der Waals surface area contributed by atoms with Crippen molar-refractivity contribution in [3.05, 3.63) is 22.8 Å². The first kappa shape index (κ1) is 25.4. The van der Waals surface area contributed by atoms with E-state index in [4.69, 9.17) is 0 Å². The van der Waals surface area contributed by atoms with Gasteiger partial charge in [0.25, 0.3) is 0 Å². The summed E-state index contributed by atoms with van der Waals surface area (Å²) in [5.41, 5.74) is 2.50. The molecule has 4 heteroatoms. The first-order valence-corrected chi connectivity index (χ1v) is 13.4. The van der Waals surface area contributed by atoms with Crippen LogP contribution in [0, 0.1) is 39.4 Å². The maximum Gasteiger partial charge on any atom is 0.306 e. The molecule has 1 N–H and O–H groups in total. The predicted molar refractivity (Wildman–Crippen MR) is 134 cm³/mol. The van der Waals surface area contributed by atoms with E-state index in [1.807, 2.05) is 13.8 Å². The summed E-state index contributed by atoms with van der Waals surface area (Å²) in [5.74, 6) is -0.401. The zero-order valence-electron chi connectivity index (χ0n) is 22.3. The Morgan fingerprint density at radius 1 is 1.06 bits per heavy atom. The van der Waals surface area contributed by atoms with E-state index >= 15 is 0 Å². The molecule has 2 fully saturated rings. The predicted octanol–water partition coefficient (Wildman–Crippen LogP) is 6.93. The summed E-state index contributed by atoms with van der Waals surface area (Å²) >= 11 is 0. The van der Waals surface area contributed by atoms with Gasteiger partial charge in [0.2, 0.25) is 0 Å². The van der Waals surface area contributed by atoms with Gasteiger partial charge in [0.05, 0.1) is 5.92 Å². The summed E-state index contributed by atoms with van der Waals surface area (Å²) in [7, 11) is 0. The Bertz CT molecular complexity index is 980. The summed E-state index contributed by atoms with van der Waals surface area (Å²) in [6.45, 7) is 15.0. The van der Waals surface area contributed by atoms with Gasteiger partial charge in [-0.25, -0.2) is 0 Å². The highest BCUT2D eigenvalue weighted by molar-refractivity contribution is 6.00. The molecule has 0 unspecified atom stereocenters. The second-order valence-electron chi connectivity index (χ2n) is 13.3. The van der Waals surface area contributed by atoms with Crippen LogP contribution in [0.25, 0.3) is 0 Å². The van der Waals surface area contributed by atoms with Crippen molar-refractivity contribution in [2.75, 3.05) is 0 Å². The molecule has 0 amide bonds. The first-order chi connectivity index (χ1) is 15.7. The number of ketones is 2. The van der Waals surface area contributed by atoms with Crippen molar-refractivity contribution in [3.63, 3.8) is 0 Å². The van der Waals surface area contributed by atoms with E-state index < -0.39 is 11.4 Å². The van der Waals surface area contributed by atoms with E-state index in [1.165, 1.54) is 11.1 Å². The van der Waals surface area contributed by atoms with Crippen LogP contribution in [-0.4, -0.2) is 22.6 Å². The maximum atomic E-state index is 13.9. The fraction of sp³-hybridized carbons (Fsp3) is 0.767. The Morgan fingerprint density at radius 2 is 1.74 bits per heavy atom. The molecule has 0 aromatic rings. The van der Waals surface area contributed by atoms with Crippen molar-refractivity contribution in [2.24, 2.45) is 39.4 Å². The summed E-state index contributed by atoms with van der Waals surface area (Å²) in [6, 6.07) is 0. The smallest absolute Gasteiger partial charge is 0.306 e. The number of carboxylic acids is 1. The molecular formula is C30H44O4. The van der Waals surface area contributed by atoms with Crippen molar-refractivity contribution >= 4 is 17.5 Å². The minimum atomic E-state index is -0.688. The number of carboxylic acid groups (broad SMARTS) is 1. The van der Waals surface area contributed by atoms with Crippen molar-refractivity contribution < 1.29 is 19.5 Å². The van der Waals surface area contributed by atoms with Gasteiger partial charge in [-0.1, -0.05) is 51.8 Å². The number of fused-ring (bicyclic) bond motifs is 4. The van der Waals surface area contributed by atoms with E-state index in [-0.39, 0.29) is 39.8 Å². The molecule has 4 nitrogen and oxygen atoms in total. The maximum absolute atomic E-state index is 13.9. The fourth-order valence-corrected chi connectivity index (χ4v) is 8.90. The fourth-order valence-electron chi connectivity index (χ4n) is 8.90. The SMILES string of the molecule is CC(C)=CCC[C@H](C(=O)O)[C@@H]1CC[C@]2(C)C3=C(CC[C@]12C)[C@@]1(C)CCC(=O)C(C)(C)[C@H]1CC3=O. The van der Waals surface area contributed by atoms with E-state index in [1.54, 1.807) is 0 Å². The summed E-state index contributed by atoms with van der Waals surface area (Å²) in [4.78, 5) is 39.1. The van der Waals surface area contributed by atoms with Crippen LogP contribution < -0.4 is 0 Å². The highest BCUT2D eigenvalue weighted by Crippen LogP contribution is 2.71. The number of hydrogen-bond acceptors (Lipinski definition) is 3. The van der Waals surface area contributed by atoms with E-state index in [0.717, 1.165) is 44.1 Å². The molecule has 4 aliphatic carbocycles. The van der Waals surface area contributed by atoms with Gasteiger partial charge in [-0.05, 0) is 81.5 Å². The number of aliphatic carboxylic acids is 1. The Morgan fingerprint density at radius 3 is 2.35 bits per heavy atom. The van der Waals surface area contributed by atoms with E-state index in [2.05, 4.69) is 40.7 Å². The summed E-state index contributed by atoms with van der Waals surface area (Å²) in [5, 5.41) is 10.2. The van der Waals surface area contributed by atoms with Gasteiger partial charge < -0.3 is 5.11 Å². The third-order valence-electron chi connectivity index (χ3n) is 11.2. The van der Waals surface area contributed by atoms with Crippen LogP contribution in [0.15, 0.2) is 22.8 Å². The molecule has 0 aromatic heterocycles. The lowest BCUT2D eigenvalue weighted by atomic mass is 9.43. The number of hydrogen-bond donors (Lipinski definition) is 1. The molecule has 4 aliphatic rings. The third kappa shape index (κ3) is 3.41. The van der Waals surface area contributed by atoms with Crippen LogP contribution in [0.4, 0.5) is 0 Å². The molecule has 0 aliphatic heterocycles. The number of carbonyl (C=O) groups is 3. The lowest BCUT2D eigenvalue weighted by Gasteiger charge is -2.60. The molecule has 0 spiro atoms.